The largest absolute Gasteiger partial charge is 0.307 e. The van der Waals surface area contributed by atoms with Gasteiger partial charge in [-0.1, -0.05) is 54.3 Å². The first-order valence-corrected chi connectivity index (χ1v) is 8.62. The van der Waals surface area contributed by atoms with Gasteiger partial charge in [0.25, 0.3) is 5.91 Å². The maximum atomic E-state index is 11.8. The molecule has 0 spiro atoms. The Labute approximate surface area is 148 Å². The fourth-order valence-corrected chi connectivity index (χ4v) is 3.68. The van der Waals surface area contributed by atoms with E-state index in [1.54, 1.807) is 6.20 Å². The van der Waals surface area contributed by atoms with Gasteiger partial charge in [0.1, 0.15) is 4.32 Å². The Bertz CT molecular complexity index is 1010. The van der Waals surface area contributed by atoms with Gasteiger partial charge in [-0.15, -0.1) is 0 Å². The van der Waals surface area contributed by atoms with E-state index in [9.17, 15) is 4.79 Å². The van der Waals surface area contributed by atoms with Crippen LogP contribution in [0.2, 0.25) is 0 Å². The van der Waals surface area contributed by atoms with E-state index in [0.717, 1.165) is 27.6 Å². The molecule has 2 heterocycles. The summed E-state index contributed by atoms with van der Waals surface area (Å²) in [6, 6.07) is 18.3. The number of aromatic nitrogens is 1. The fourth-order valence-electron chi connectivity index (χ4n) is 2.64. The zero-order valence-corrected chi connectivity index (χ0v) is 14.2. The van der Waals surface area contributed by atoms with Crippen molar-refractivity contribution in [3.63, 3.8) is 0 Å². The van der Waals surface area contributed by atoms with Gasteiger partial charge in [-0.05, 0) is 47.0 Å². The van der Waals surface area contributed by atoms with E-state index in [1.807, 2.05) is 30.3 Å². The van der Waals surface area contributed by atoms with Gasteiger partial charge in [0, 0.05) is 11.6 Å². The molecule has 1 aliphatic heterocycles. The highest BCUT2D eigenvalue weighted by Crippen LogP contribution is 2.28. The van der Waals surface area contributed by atoms with Crippen LogP contribution in [0.15, 0.2) is 65.7 Å². The lowest BCUT2D eigenvalue weighted by Crippen LogP contribution is -2.17. The van der Waals surface area contributed by atoms with Gasteiger partial charge < -0.3 is 5.32 Å². The zero-order chi connectivity index (χ0) is 16.5. The highest BCUT2D eigenvalue weighted by Gasteiger charge is 2.21. The molecule has 0 saturated carbocycles. The molecule has 1 aromatic heterocycles. The quantitative estimate of drug-likeness (QED) is 0.551. The number of nitrogens with one attached hydrogen (secondary N) is 1. The summed E-state index contributed by atoms with van der Waals surface area (Å²) in [7, 11) is 0. The van der Waals surface area contributed by atoms with Crippen molar-refractivity contribution in [1.29, 1.82) is 0 Å². The van der Waals surface area contributed by atoms with Crippen LogP contribution in [-0.4, -0.2) is 15.2 Å². The van der Waals surface area contributed by atoms with Crippen molar-refractivity contribution >= 4 is 51.2 Å². The van der Waals surface area contributed by atoms with E-state index in [-0.39, 0.29) is 5.91 Å². The highest BCUT2D eigenvalue weighted by atomic mass is 32.2. The third kappa shape index (κ3) is 2.96. The van der Waals surface area contributed by atoms with Crippen molar-refractivity contribution in [2.75, 3.05) is 0 Å². The molecular formula is C19H12N2OS2. The normalized spacial score (nSPS) is 15.9. The van der Waals surface area contributed by atoms with Gasteiger partial charge in [-0.25, -0.2) is 0 Å². The van der Waals surface area contributed by atoms with Crippen molar-refractivity contribution in [2.24, 2.45) is 0 Å². The Hall–Kier alpha value is -2.50. The lowest BCUT2D eigenvalue weighted by molar-refractivity contribution is -0.115. The smallest absolute Gasteiger partial charge is 0.263 e. The maximum absolute atomic E-state index is 11.8. The standard InChI is InChI=1S/C19H12N2OS2/c22-18-17(24-19(23)21-18)10-12-3-1-4-13(9-12)14-6-7-16-15(11-14)5-2-8-20-16/h1-11H,(H,21,22,23). The number of pyridine rings is 1. The van der Waals surface area contributed by atoms with Gasteiger partial charge in [0.05, 0.1) is 10.4 Å². The van der Waals surface area contributed by atoms with E-state index in [4.69, 9.17) is 12.2 Å². The molecule has 0 unspecified atom stereocenters. The molecule has 0 radical (unpaired) electrons. The summed E-state index contributed by atoms with van der Waals surface area (Å²) in [6.45, 7) is 0. The van der Waals surface area contributed by atoms with Gasteiger partial charge in [0.2, 0.25) is 0 Å². The second-order valence-electron chi connectivity index (χ2n) is 5.39. The Kier molecular flexibility index (Phi) is 3.88. The number of fused-ring (bicyclic) bond motifs is 1. The van der Waals surface area contributed by atoms with Gasteiger partial charge in [0.15, 0.2) is 0 Å². The average Bonchev–Trinajstić information content (AvgIpc) is 2.92. The summed E-state index contributed by atoms with van der Waals surface area (Å²) in [5.74, 6) is -0.132. The molecule has 2 aromatic carbocycles. The number of carbonyl (C=O) groups excluding carboxylic acids is 1. The van der Waals surface area contributed by atoms with Crippen molar-refractivity contribution in [3.05, 3.63) is 71.3 Å². The molecule has 5 heteroatoms. The molecule has 1 aliphatic rings. The third-order valence-corrected chi connectivity index (χ3v) is 4.93. The van der Waals surface area contributed by atoms with Crippen LogP contribution in [0.5, 0.6) is 0 Å². The number of nitrogens with zero attached hydrogens (tertiary/aromatic N) is 1. The molecule has 116 valence electrons. The molecule has 1 fully saturated rings. The average molecular weight is 348 g/mol. The Morgan fingerprint density at radius 2 is 1.92 bits per heavy atom. The van der Waals surface area contributed by atoms with Crippen molar-refractivity contribution in [1.82, 2.24) is 10.3 Å². The van der Waals surface area contributed by atoms with Crippen LogP contribution in [0.1, 0.15) is 5.56 Å². The first-order valence-electron chi connectivity index (χ1n) is 7.39. The van der Waals surface area contributed by atoms with Crippen LogP contribution in [0, 0.1) is 0 Å². The lowest BCUT2D eigenvalue weighted by atomic mass is 10.0. The molecular weight excluding hydrogens is 336 g/mol. The molecule has 1 saturated heterocycles. The number of thiocarbonyl (C=S) groups is 1. The summed E-state index contributed by atoms with van der Waals surface area (Å²) in [5.41, 5.74) is 4.17. The number of carbonyl (C=O) groups is 1. The number of rotatable bonds is 2. The fraction of sp³-hybridized carbons (Fsp3) is 0. The molecule has 0 bridgehead atoms. The van der Waals surface area contributed by atoms with E-state index >= 15 is 0 Å². The summed E-state index contributed by atoms with van der Waals surface area (Å²) < 4.78 is 0.504. The van der Waals surface area contributed by atoms with Crippen LogP contribution in [0.25, 0.3) is 28.1 Å². The minimum atomic E-state index is -0.132. The van der Waals surface area contributed by atoms with Crippen molar-refractivity contribution in [3.8, 4) is 11.1 Å². The Balaban J connectivity index is 1.72. The van der Waals surface area contributed by atoms with E-state index in [2.05, 4.69) is 40.6 Å². The molecule has 3 nitrogen and oxygen atoms in total. The number of hydrogen-bond acceptors (Lipinski definition) is 4. The van der Waals surface area contributed by atoms with E-state index in [0.29, 0.717) is 9.23 Å². The maximum Gasteiger partial charge on any atom is 0.263 e. The zero-order valence-electron chi connectivity index (χ0n) is 12.5. The Morgan fingerprint density at radius 1 is 1.04 bits per heavy atom. The van der Waals surface area contributed by atoms with E-state index < -0.39 is 0 Å². The first kappa shape index (κ1) is 15.1. The van der Waals surface area contributed by atoms with E-state index in [1.165, 1.54) is 11.8 Å². The molecule has 24 heavy (non-hydrogen) atoms. The molecule has 1 amide bonds. The molecule has 3 aromatic rings. The third-order valence-electron chi connectivity index (χ3n) is 3.76. The lowest BCUT2D eigenvalue weighted by Gasteiger charge is -2.05. The summed E-state index contributed by atoms with van der Waals surface area (Å²) in [4.78, 5) is 16.8. The van der Waals surface area contributed by atoms with Crippen LogP contribution >= 0.6 is 24.0 Å². The predicted octanol–water partition coefficient (Wildman–Crippen LogP) is 4.39. The number of thioether (sulfide) groups is 1. The minimum absolute atomic E-state index is 0.132. The Morgan fingerprint density at radius 3 is 2.75 bits per heavy atom. The van der Waals surface area contributed by atoms with Gasteiger partial charge in [-0.3, -0.25) is 9.78 Å². The monoisotopic (exact) mass is 348 g/mol. The molecule has 1 N–H and O–H groups in total. The van der Waals surface area contributed by atoms with Crippen molar-refractivity contribution in [2.45, 2.75) is 0 Å². The van der Waals surface area contributed by atoms with Gasteiger partial charge >= 0.3 is 0 Å². The highest BCUT2D eigenvalue weighted by molar-refractivity contribution is 8.26. The summed E-state index contributed by atoms with van der Waals surface area (Å²) in [5, 5.41) is 3.74. The first-order chi connectivity index (χ1) is 11.7. The van der Waals surface area contributed by atoms with Crippen LogP contribution in [0.4, 0.5) is 0 Å². The molecule has 4 rings (SSSR count). The van der Waals surface area contributed by atoms with Crippen molar-refractivity contribution < 1.29 is 4.79 Å². The SMILES string of the molecule is O=C1NC(=S)SC1=Cc1cccc(-c2ccc3ncccc3c2)c1. The van der Waals surface area contributed by atoms with Crippen LogP contribution in [-0.2, 0) is 4.79 Å². The molecule has 0 atom stereocenters. The number of hydrogen-bond donors (Lipinski definition) is 1. The van der Waals surface area contributed by atoms with Crippen LogP contribution < -0.4 is 5.32 Å². The second-order valence-corrected chi connectivity index (χ2v) is 7.11. The predicted molar refractivity (Wildman–Crippen MR) is 103 cm³/mol. The van der Waals surface area contributed by atoms with Gasteiger partial charge in [-0.2, -0.15) is 0 Å². The topological polar surface area (TPSA) is 42.0 Å². The summed E-state index contributed by atoms with van der Waals surface area (Å²) in [6.07, 6.45) is 3.66. The molecule has 0 aliphatic carbocycles. The summed E-state index contributed by atoms with van der Waals surface area (Å²) >= 11 is 6.32. The number of amides is 1. The minimum Gasteiger partial charge on any atom is -0.307 e. The second kappa shape index (κ2) is 6.19. The number of benzene rings is 2. The van der Waals surface area contributed by atoms with Crippen LogP contribution in [0.3, 0.4) is 0 Å².